The van der Waals surface area contributed by atoms with E-state index in [-0.39, 0.29) is 16.2 Å². The third-order valence-electron chi connectivity index (χ3n) is 2.57. The fraction of sp³-hybridized carbons (Fsp3) is 0.500. The van der Waals surface area contributed by atoms with Crippen LogP contribution in [0.5, 0.6) is 0 Å². The minimum absolute atomic E-state index is 0.0435. The summed E-state index contributed by atoms with van der Waals surface area (Å²) in [7, 11) is 0. The van der Waals surface area contributed by atoms with Crippen LogP contribution in [-0.2, 0) is 0 Å². The zero-order valence-electron chi connectivity index (χ0n) is 10.3. The quantitative estimate of drug-likeness (QED) is 0.787. The molecule has 94 valence electrons. The average molecular weight is 275 g/mol. The van der Waals surface area contributed by atoms with Crippen molar-refractivity contribution < 1.29 is 4.79 Å². The molecular formula is C12H16Cl2N2O. The minimum atomic E-state index is -0.0435. The molecule has 0 saturated heterocycles. The lowest BCUT2D eigenvalue weighted by atomic mass is 10.1. The Morgan fingerprint density at radius 3 is 2.59 bits per heavy atom. The first-order chi connectivity index (χ1) is 8.01. The van der Waals surface area contributed by atoms with Crippen LogP contribution >= 0.6 is 23.2 Å². The lowest BCUT2D eigenvalue weighted by Gasteiger charge is -2.21. The summed E-state index contributed by atoms with van der Waals surface area (Å²) in [4.78, 5) is 18.0. The first-order valence-corrected chi connectivity index (χ1v) is 6.38. The van der Waals surface area contributed by atoms with Gasteiger partial charge in [-0.2, -0.15) is 0 Å². The Morgan fingerprint density at radius 2 is 2.06 bits per heavy atom. The molecule has 17 heavy (non-hydrogen) atoms. The molecule has 0 aliphatic rings. The fourth-order valence-electron chi connectivity index (χ4n) is 1.61. The number of rotatable bonds is 4. The highest BCUT2D eigenvalue weighted by Crippen LogP contribution is 2.22. The molecule has 0 bridgehead atoms. The summed E-state index contributed by atoms with van der Waals surface area (Å²) in [5.74, 6) is -0.0435. The van der Waals surface area contributed by atoms with Gasteiger partial charge in [-0.05, 0) is 31.9 Å². The average Bonchev–Trinajstić information content (AvgIpc) is 2.29. The molecule has 0 aliphatic heterocycles. The van der Waals surface area contributed by atoms with E-state index in [4.69, 9.17) is 23.2 Å². The molecule has 1 rings (SSSR count). The molecule has 5 heteroatoms. The van der Waals surface area contributed by atoms with Crippen molar-refractivity contribution in [2.24, 2.45) is 0 Å². The van der Waals surface area contributed by atoms with Crippen LogP contribution in [0.15, 0.2) is 6.07 Å². The van der Waals surface area contributed by atoms with Crippen molar-refractivity contribution in [3.8, 4) is 0 Å². The highest BCUT2D eigenvalue weighted by Gasteiger charge is 2.18. The first-order valence-electron chi connectivity index (χ1n) is 5.63. The molecule has 0 N–H and O–H groups in total. The second kappa shape index (κ2) is 6.22. The Kier molecular flexibility index (Phi) is 5.22. The zero-order valence-corrected chi connectivity index (χ0v) is 11.8. The minimum Gasteiger partial charge on any atom is -0.339 e. The number of amides is 1. The van der Waals surface area contributed by atoms with E-state index in [9.17, 15) is 4.79 Å². The Morgan fingerprint density at radius 1 is 1.41 bits per heavy atom. The van der Waals surface area contributed by atoms with Crippen molar-refractivity contribution in [2.75, 3.05) is 13.1 Å². The van der Waals surface area contributed by atoms with Gasteiger partial charge in [-0.1, -0.05) is 30.1 Å². The van der Waals surface area contributed by atoms with Crippen molar-refractivity contribution >= 4 is 29.1 Å². The normalized spacial score (nSPS) is 10.4. The van der Waals surface area contributed by atoms with E-state index < -0.39 is 0 Å². The van der Waals surface area contributed by atoms with E-state index in [1.54, 1.807) is 17.9 Å². The van der Waals surface area contributed by atoms with Gasteiger partial charge in [0.15, 0.2) is 0 Å². The van der Waals surface area contributed by atoms with Gasteiger partial charge in [-0.15, -0.1) is 0 Å². The van der Waals surface area contributed by atoms with Crippen LogP contribution in [0.4, 0.5) is 0 Å². The second-order valence-corrected chi connectivity index (χ2v) is 4.54. The van der Waals surface area contributed by atoms with E-state index in [0.717, 1.165) is 13.0 Å². The zero-order chi connectivity index (χ0) is 13.0. The molecule has 0 saturated carbocycles. The van der Waals surface area contributed by atoms with Gasteiger partial charge in [0.25, 0.3) is 5.91 Å². The highest BCUT2D eigenvalue weighted by molar-refractivity contribution is 6.33. The SMILES string of the molecule is CCCN(CC)C(=O)c1cc(Cl)nc(Cl)c1C. The number of carbonyl (C=O) groups excluding carboxylic acids is 1. The molecule has 0 radical (unpaired) electrons. The molecule has 0 atom stereocenters. The summed E-state index contributed by atoms with van der Waals surface area (Å²) in [5, 5.41) is 0.532. The summed E-state index contributed by atoms with van der Waals surface area (Å²) in [6.07, 6.45) is 0.922. The summed E-state index contributed by atoms with van der Waals surface area (Å²) in [6.45, 7) is 7.16. The van der Waals surface area contributed by atoms with Crippen LogP contribution in [0.3, 0.4) is 0 Å². The van der Waals surface area contributed by atoms with E-state index in [1.165, 1.54) is 0 Å². The van der Waals surface area contributed by atoms with Crippen molar-refractivity contribution in [3.63, 3.8) is 0 Å². The summed E-state index contributed by atoms with van der Waals surface area (Å²) < 4.78 is 0. The van der Waals surface area contributed by atoms with E-state index in [2.05, 4.69) is 4.98 Å². The molecule has 1 amide bonds. The van der Waals surface area contributed by atoms with Gasteiger partial charge in [0.2, 0.25) is 0 Å². The van der Waals surface area contributed by atoms with Gasteiger partial charge >= 0.3 is 0 Å². The van der Waals surface area contributed by atoms with Crippen LogP contribution in [0, 0.1) is 6.92 Å². The molecular weight excluding hydrogens is 259 g/mol. The van der Waals surface area contributed by atoms with Crippen molar-refractivity contribution in [1.29, 1.82) is 0 Å². The van der Waals surface area contributed by atoms with Gasteiger partial charge < -0.3 is 4.90 Å². The number of halogens is 2. The Bertz CT molecular complexity index is 421. The number of pyridine rings is 1. The highest BCUT2D eigenvalue weighted by atomic mass is 35.5. The maximum atomic E-state index is 12.3. The first kappa shape index (κ1) is 14.3. The van der Waals surface area contributed by atoms with Gasteiger partial charge in [-0.3, -0.25) is 4.79 Å². The number of nitrogens with zero attached hydrogens (tertiary/aromatic N) is 2. The lowest BCUT2D eigenvalue weighted by molar-refractivity contribution is 0.0763. The summed E-state index contributed by atoms with van der Waals surface area (Å²) in [6, 6.07) is 1.57. The van der Waals surface area contributed by atoms with Gasteiger partial charge in [0.1, 0.15) is 10.3 Å². The number of hydrogen-bond acceptors (Lipinski definition) is 2. The topological polar surface area (TPSA) is 33.2 Å². The summed E-state index contributed by atoms with van der Waals surface area (Å²) in [5.41, 5.74) is 1.21. The number of carbonyl (C=O) groups is 1. The Labute approximate surface area is 112 Å². The Balaban J connectivity index is 3.10. The van der Waals surface area contributed by atoms with E-state index in [1.807, 2.05) is 13.8 Å². The van der Waals surface area contributed by atoms with Crippen LogP contribution in [0.1, 0.15) is 36.2 Å². The predicted octanol–water partition coefficient (Wildman–Crippen LogP) is 3.57. The molecule has 1 aromatic heterocycles. The molecule has 0 spiro atoms. The monoisotopic (exact) mass is 274 g/mol. The van der Waals surface area contributed by atoms with Crippen LogP contribution in [0.2, 0.25) is 10.3 Å². The van der Waals surface area contributed by atoms with Gasteiger partial charge in [0.05, 0.1) is 0 Å². The summed E-state index contributed by atoms with van der Waals surface area (Å²) >= 11 is 11.7. The molecule has 0 fully saturated rings. The van der Waals surface area contributed by atoms with E-state index >= 15 is 0 Å². The maximum absolute atomic E-state index is 12.3. The molecule has 1 heterocycles. The molecule has 3 nitrogen and oxygen atoms in total. The number of hydrogen-bond donors (Lipinski definition) is 0. The van der Waals surface area contributed by atoms with Crippen molar-refractivity contribution in [3.05, 3.63) is 27.5 Å². The Hall–Kier alpha value is -0.800. The third-order valence-corrected chi connectivity index (χ3v) is 3.14. The maximum Gasteiger partial charge on any atom is 0.254 e. The molecule has 0 unspecified atom stereocenters. The fourth-order valence-corrected chi connectivity index (χ4v) is 2.04. The van der Waals surface area contributed by atoms with Crippen molar-refractivity contribution in [1.82, 2.24) is 9.88 Å². The molecule has 0 aromatic carbocycles. The molecule has 0 aliphatic carbocycles. The van der Waals surface area contributed by atoms with Crippen LogP contribution in [0.25, 0.3) is 0 Å². The van der Waals surface area contributed by atoms with Crippen molar-refractivity contribution in [2.45, 2.75) is 27.2 Å². The van der Waals surface area contributed by atoms with Crippen LogP contribution < -0.4 is 0 Å². The predicted molar refractivity (Wildman–Crippen MR) is 70.9 cm³/mol. The lowest BCUT2D eigenvalue weighted by Crippen LogP contribution is -2.32. The third kappa shape index (κ3) is 3.33. The van der Waals surface area contributed by atoms with E-state index in [0.29, 0.717) is 17.7 Å². The second-order valence-electron chi connectivity index (χ2n) is 3.79. The molecule has 1 aromatic rings. The van der Waals surface area contributed by atoms with Gasteiger partial charge in [-0.25, -0.2) is 4.98 Å². The largest absolute Gasteiger partial charge is 0.339 e. The van der Waals surface area contributed by atoms with Crippen LogP contribution in [-0.4, -0.2) is 28.9 Å². The smallest absolute Gasteiger partial charge is 0.254 e. The standard InChI is InChI=1S/C12H16Cl2N2O/c1-4-6-16(5-2)12(17)9-7-10(13)15-11(14)8(9)3/h7H,4-6H2,1-3H3. The van der Waals surface area contributed by atoms with Gasteiger partial charge in [0, 0.05) is 18.7 Å². The number of aromatic nitrogens is 1.